The number of allylic oxidation sites excluding steroid dienone is 1. The fourth-order valence-electron chi connectivity index (χ4n) is 1.28. The maximum Gasteiger partial charge on any atom is 0.0650 e. The monoisotopic (exact) mass is 154 g/mol. The minimum Gasteiger partial charge on any atom is -0.390 e. The first kappa shape index (κ1) is 8.79. The normalized spacial score (nSPS) is 19.8. The van der Waals surface area contributed by atoms with Crippen LogP contribution in [0.2, 0.25) is 0 Å². The van der Waals surface area contributed by atoms with E-state index >= 15 is 0 Å². The Bertz CT molecular complexity index is 145. The molecule has 1 saturated carbocycles. The van der Waals surface area contributed by atoms with E-state index in [-0.39, 0.29) is 5.60 Å². The van der Waals surface area contributed by atoms with Crippen molar-refractivity contribution < 1.29 is 5.11 Å². The summed E-state index contributed by atoms with van der Waals surface area (Å²) in [5, 5.41) is 9.47. The van der Waals surface area contributed by atoms with Gasteiger partial charge >= 0.3 is 0 Å². The van der Waals surface area contributed by atoms with Crippen molar-refractivity contribution in [3.05, 3.63) is 12.2 Å². The van der Waals surface area contributed by atoms with Crippen LogP contribution in [0.25, 0.3) is 0 Å². The predicted molar refractivity (Wildman–Crippen MR) is 47.5 cm³/mol. The highest BCUT2D eigenvalue weighted by Gasteiger charge is 2.38. The van der Waals surface area contributed by atoms with Crippen LogP contribution in [0.15, 0.2) is 12.2 Å². The van der Waals surface area contributed by atoms with Crippen LogP contribution in [0, 0.1) is 0 Å². The Hall–Kier alpha value is -0.300. The van der Waals surface area contributed by atoms with Gasteiger partial charge in [-0.25, -0.2) is 0 Å². The van der Waals surface area contributed by atoms with Gasteiger partial charge in [-0.15, -0.1) is 6.58 Å². The average Bonchev–Trinajstić information content (AvgIpc) is 2.62. The van der Waals surface area contributed by atoms with Crippen molar-refractivity contribution in [2.24, 2.45) is 0 Å². The second-order valence-corrected chi connectivity index (χ2v) is 3.89. The molecule has 1 rings (SSSR count). The molecule has 0 amide bonds. The number of unbranched alkanes of at least 4 members (excludes halogenated alkanes) is 1. The highest BCUT2D eigenvalue weighted by molar-refractivity contribution is 4.93. The van der Waals surface area contributed by atoms with Gasteiger partial charge in [-0.2, -0.15) is 0 Å². The minimum absolute atomic E-state index is 0.241. The SMILES string of the molecule is C=C(C)CCCCC1(O)CC1. The molecule has 0 aliphatic heterocycles. The summed E-state index contributed by atoms with van der Waals surface area (Å²) in [4.78, 5) is 0. The lowest BCUT2D eigenvalue weighted by Gasteiger charge is -2.05. The van der Waals surface area contributed by atoms with Gasteiger partial charge in [-0.1, -0.05) is 12.0 Å². The van der Waals surface area contributed by atoms with E-state index in [1.165, 1.54) is 12.0 Å². The molecule has 1 aliphatic rings. The predicted octanol–water partition coefficient (Wildman–Crippen LogP) is 2.65. The van der Waals surface area contributed by atoms with Crippen LogP contribution in [0.4, 0.5) is 0 Å². The Morgan fingerprint density at radius 1 is 1.45 bits per heavy atom. The quantitative estimate of drug-likeness (QED) is 0.477. The summed E-state index contributed by atoms with van der Waals surface area (Å²) in [6.45, 7) is 5.90. The van der Waals surface area contributed by atoms with Crippen molar-refractivity contribution in [3.8, 4) is 0 Å². The molecule has 0 aromatic carbocycles. The maximum absolute atomic E-state index is 9.47. The fourth-order valence-corrected chi connectivity index (χ4v) is 1.28. The van der Waals surface area contributed by atoms with Crippen molar-refractivity contribution in [2.75, 3.05) is 0 Å². The van der Waals surface area contributed by atoms with Crippen molar-refractivity contribution in [2.45, 2.75) is 51.0 Å². The van der Waals surface area contributed by atoms with Crippen molar-refractivity contribution in [1.82, 2.24) is 0 Å². The molecule has 1 N–H and O–H groups in total. The summed E-state index contributed by atoms with van der Waals surface area (Å²) in [5.41, 5.74) is 1.02. The first-order chi connectivity index (χ1) is 5.12. The standard InChI is InChI=1S/C10H18O/c1-9(2)5-3-4-6-10(11)7-8-10/h11H,1,3-8H2,2H3. The second-order valence-electron chi connectivity index (χ2n) is 3.89. The molecule has 0 heterocycles. The van der Waals surface area contributed by atoms with Gasteiger partial charge in [0.2, 0.25) is 0 Å². The summed E-state index contributed by atoms with van der Waals surface area (Å²) in [7, 11) is 0. The van der Waals surface area contributed by atoms with E-state index in [4.69, 9.17) is 0 Å². The Morgan fingerprint density at radius 2 is 2.09 bits per heavy atom. The van der Waals surface area contributed by atoms with Crippen LogP contribution in [-0.4, -0.2) is 10.7 Å². The fraction of sp³-hybridized carbons (Fsp3) is 0.800. The Kier molecular flexibility index (Phi) is 2.72. The van der Waals surface area contributed by atoms with Crippen LogP contribution in [-0.2, 0) is 0 Å². The van der Waals surface area contributed by atoms with Gasteiger partial charge in [0, 0.05) is 0 Å². The molecule has 11 heavy (non-hydrogen) atoms. The highest BCUT2D eigenvalue weighted by Crippen LogP contribution is 2.39. The zero-order valence-electron chi connectivity index (χ0n) is 7.40. The lowest BCUT2D eigenvalue weighted by Crippen LogP contribution is -2.05. The average molecular weight is 154 g/mol. The highest BCUT2D eigenvalue weighted by atomic mass is 16.3. The molecule has 0 saturated heterocycles. The molecule has 0 unspecified atom stereocenters. The number of rotatable bonds is 5. The molecule has 0 radical (unpaired) electrons. The minimum atomic E-state index is -0.241. The van der Waals surface area contributed by atoms with E-state index in [0.717, 1.165) is 32.1 Å². The Balaban J connectivity index is 1.92. The van der Waals surface area contributed by atoms with Gasteiger partial charge in [0.05, 0.1) is 5.60 Å². The van der Waals surface area contributed by atoms with Gasteiger partial charge in [0.25, 0.3) is 0 Å². The van der Waals surface area contributed by atoms with Crippen LogP contribution in [0.5, 0.6) is 0 Å². The molecule has 0 bridgehead atoms. The largest absolute Gasteiger partial charge is 0.390 e. The number of hydrogen-bond donors (Lipinski definition) is 1. The number of hydrogen-bond acceptors (Lipinski definition) is 1. The van der Waals surface area contributed by atoms with Crippen molar-refractivity contribution >= 4 is 0 Å². The molecule has 1 aliphatic carbocycles. The molecular formula is C10H18O. The smallest absolute Gasteiger partial charge is 0.0650 e. The topological polar surface area (TPSA) is 20.2 Å². The zero-order valence-corrected chi connectivity index (χ0v) is 7.40. The molecule has 0 atom stereocenters. The first-order valence-corrected chi connectivity index (χ1v) is 4.49. The molecule has 0 aromatic rings. The Morgan fingerprint density at radius 3 is 2.55 bits per heavy atom. The molecule has 1 fully saturated rings. The number of aliphatic hydroxyl groups is 1. The van der Waals surface area contributed by atoms with Crippen molar-refractivity contribution in [1.29, 1.82) is 0 Å². The third kappa shape index (κ3) is 3.57. The summed E-state index contributed by atoms with van der Waals surface area (Å²) in [6, 6.07) is 0. The lowest BCUT2D eigenvalue weighted by molar-refractivity contribution is 0.136. The van der Waals surface area contributed by atoms with Gasteiger partial charge in [0.15, 0.2) is 0 Å². The third-order valence-corrected chi connectivity index (χ3v) is 2.32. The van der Waals surface area contributed by atoms with Gasteiger partial charge in [0.1, 0.15) is 0 Å². The van der Waals surface area contributed by atoms with Gasteiger partial charge in [-0.3, -0.25) is 0 Å². The molecule has 64 valence electrons. The van der Waals surface area contributed by atoms with Crippen LogP contribution in [0.3, 0.4) is 0 Å². The Labute approximate surface area is 69.1 Å². The molecule has 1 heteroatoms. The van der Waals surface area contributed by atoms with Gasteiger partial charge < -0.3 is 5.11 Å². The van der Waals surface area contributed by atoms with Crippen LogP contribution < -0.4 is 0 Å². The maximum atomic E-state index is 9.47. The van der Waals surface area contributed by atoms with E-state index in [2.05, 4.69) is 13.5 Å². The first-order valence-electron chi connectivity index (χ1n) is 4.49. The molecule has 1 nitrogen and oxygen atoms in total. The molecule has 0 aromatic heterocycles. The molecule has 0 spiro atoms. The summed E-state index contributed by atoms with van der Waals surface area (Å²) in [6.07, 6.45) is 6.53. The van der Waals surface area contributed by atoms with Gasteiger partial charge in [-0.05, 0) is 39.0 Å². The lowest BCUT2D eigenvalue weighted by atomic mass is 10.1. The summed E-state index contributed by atoms with van der Waals surface area (Å²) in [5.74, 6) is 0. The van der Waals surface area contributed by atoms with Crippen LogP contribution in [0.1, 0.15) is 45.4 Å². The van der Waals surface area contributed by atoms with E-state index in [1.54, 1.807) is 0 Å². The van der Waals surface area contributed by atoms with E-state index in [1.807, 2.05) is 0 Å². The second kappa shape index (κ2) is 3.40. The van der Waals surface area contributed by atoms with E-state index in [0.29, 0.717) is 0 Å². The summed E-state index contributed by atoms with van der Waals surface area (Å²) >= 11 is 0. The van der Waals surface area contributed by atoms with E-state index in [9.17, 15) is 5.11 Å². The summed E-state index contributed by atoms with van der Waals surface area (Å²) < 4.78 is 0. The van der Waals surface area contributed by atoms with E-state index < -0.39 is 0 Å². The van der Waals surface area contributed by atoms with Crippen molar-refractivity contribution in [3.63, 3.8) is 0 Å². The third-order valence-electron chi connectivity index (χ3n) is 2.32. The molecular weight excluding hydrogens is 136 g/mol. The zero-order chi connectivity index (χ0) is 8.32. The van der Waals surface area contributed by atoms with Crippen LogP contribution >= 0.6 is 0 Å².